The van der Waals surface area contributed by atoms with E-state index in [9.17, 15) is 0 Å². The van der Waals surface area contributed by atoms with Crippen LogP contribution in [-0.4, -0.2) is 10.2 Å². The molecule has 0 aliphatic rings. The zero-order valence-corrected chi connectivity index (χ0v) is 11.7. The lowest BCUT2D eigenvalue weighted by Gasteiger charge is -2.22. The Balaban J connectivity index is 2.21. The van der Waals surface area contributed by atoms with Crippen molar-refractivity contribution in [2.45, 2.75) is 39.7 Å². The van der Waals surface area contributed by atoms with Gasteiger partial charge in [-0.2, -0.15) is 0 Å². The van der Waals surface area contributed by atoms with E-state index < -0.39 is 0 Å². The van der Waals surface area contributed by atoms with Gasteiger partial charge in [-0.3, -0.25) is 0 Å². The molecule has 0 saturated heterocycles. The third-order valence-electron chi connectivity index (χ3n) is 2.78. The summed E-state index contributed by atoms with van der Waals surface area (Å²) in [5.74, 6) is 1.21. The van der Waals surface area contributed by atoms with Crippen LogP contribution in [0.15, 0.2) is 22.6 Å². The van der Waals surface area contributed by atoms with Gasteiger partial charge in [0.1, 0.15) is 5.75 Å². The molecule has 1 aromatic heterocycles. The highest BCUT2D eigenvalue weighted by Crippen LogP contribution is 2.32. The molecule has 0 amide bonds. The number of nitrogens with two attached hydrogens (primary N) is 1. The molecule has 5 heteroatoms. The van der Waals surface area contributed by atoms with Gasteiger partial charge in [0.05, 0.1) is 0 Å². The van der Waals surface area contributed by atoms with Crippen LogP contribution in [0.4, 0.5) is 6.01 Å². The summed E-state index contributed by atoms with van der Waals surface area (Å²) in [7, 11) is 0. The van der Waals surface area contributed by atoms with Gasteiger partial charge in [-0.25, -0.2) is 0 Å². The third kappa shape index (κ3) is 3.24. The summed E-state index contributed by atoms with van der Waals surface area (Å²) in [5.41, 5.74) is 7.68. The molecule has 5 nitrogen and oxygen atoms in total. The van der Waals surface area contributed by atoms with Gasteiger partial charge in [-0.15, -0.1) is 5.10 Å². The zero-order valence-electron chi connectivity index (χ0n) is 11.7. The monoisotopic (exact) mass is 261 g/mol. The minimum atomic E-state index is 0.0108. The van der Waals surface area contributed by atoms with Crippen molar-refractivity contribution >= 4 is 6.01 Å². The normalized spacial score (nSPS) is 11.6. The molecule has 1 aromatic carbocycles. The molecule has 0 aliphatic heterocycles. The van der Waals surface area contributed by atoms with Gasteiger partial charge in [0.25, 0.3) is 5.89 Å². The van der Waals surface area contributed by atoms with Gasteiger partial charge in [-0.05, 0) is 29.5 Å². The van der Waals surface area contributed by atoms with E-state index in [4.69, 9.17) is 14.9 Å². The summed E-state index contributed by atoms with van der Waals surface area (Å²) < 4.78 is 10.9. The molecule has 0 spiro atoms. The Labute approximate surface area is 112 Å². The van der Waals surface area contributed by atoms with Crippen molar-refractivity contribution in [3.05, 3.63) is 35.2 Å². The molecule has 0 aliphatic carbocycles. The Morgan fingerprint density at radius 3 is 2.58 bits per heavy atom. The highest BCUT2D eigenvalue weighted by atomic mass is 16.5. The van der Waals surface area contributed by atoms with Gasteiger partial charge >= 0.3 is 6.01 Å². The third-order valence-corrected chi connectivity index (χ3v) is 2.78. The summed E-state index contributed by atoms with van der Waals surface area (Å²) in [4.78, 5) is 0. The maximum atomic E-state index is 5.79. The van der Waals surface area contributed by atoms with Crippen molar-refractivity contribution < 1.29 is 9.15 Å². The van der Waals surface area contributed by atoms with Crippen molar-refractivity contribution in [2.24, 2.45) is 0 Å². The van der Waals surface area contributed by atoms with Gasteiger partial charge in [0, 0.05) is 0 Å². The highest BCUT2D eigenvalue weighted by molar-refractivity contribution is 5.41. The number of aryl methyl sites for hydroxylation is 1. The van der Waals surface area contributed by atoms with Crippen molar-refractivity contribution in [3.8, 4) is 5.75 Å². The first kappa shape index (κ1) is 13.4. The van der Waals surface area contributed by atoms with Crippen LogP contribution < -0.4 is 10.5 Å². The van der Waals surface area contributed by atoms with Crippen LogP contribution in [0.2, 0.25) is 0 Å². The number of ether oxygens (including phenoxy) is 1. The number of aromatic nitrogens is 2. The fourth-order valence-corrected chi connectivity index (χ4v) is 1.83. The SMILES string of the molecule is Cc1ccc(C(C)(C)C)c(OCc2nnc(N)o2)c1. The van der Waals surface area contributed by atoms with Gasteiger partial charge in [0.2, 0.25) is 0 Å². The van der Waals surface area contributed by atoms with Crippen LogP contribution in [0.1, 0.15) is 37.8 Å². The number of hydrogen-bond acceptors (Lipinski definition) is 5. The molecule has 0 radical (unpaired) electrons. The predicted octanol–water partition coefficient (Wildman–Crippen LogP) is 2.84. The van der Waals surface area contributed by atoms with Gasteiger partial charge < -0.3 is 14.9 Å². The van der Waals surface area contributed by atoms with E-state index in [0.29, 0.717) is 5.89 Å². The Hall–Kier alpha value is -2.04. The average Bonchev–Trinajstić information content (AvgIpc) is 2.71. The summed E-state index contributed by atoms with van der Waals surface area (Å²) in [5, 5.41) is 7.38. The lowest BCUT2D eigenvalue weighted by Crippen LogP contribution is -2.13. The fourth-order valence-electron chi connectivity index (χ4n) is 1.83. The number of nitrogens with zero attached hydrogens (tertiary/aromatic N) is 2. The smallest absolute Gasteiger partial charge is 0.312 e. The maximum Gasteiger partial charge on any atom is 0.312 e. The lowest BCUT2D eigenvalue weighted by molar-refractivity contribution is 0.259. The van der Waals surface area contributed by atoms with Crippen molar-refractivity contribution in [2.75, 3.05) is 5.73 Å². The van der Waals surface area contributed by atoms with Crippen molar-refractivity contribution in [1.82, 2.24) is 10.2 Å². The maximum absolute atomic E-state index is 5.79. The highest BCUT2D eigenvalue weighted by Gasteiger charge is 2.19. The molecule has 2 N–H and O–H groups in total. The van der Waals surface area contributed by atoms with Gasteiger partial charge in [0.15, 0.2) is 6.61 Å². The Morgan fingerprint density at radius 2 is 2.00 bits per heavy atom. The number of benzene rings is 1. The number of hydrogen-bond donors (Lipinski definition) is 1. The first-order valence-corrected chi connectivity index (χ1v) is 6.18. The van der Waals surface area contributed by atoms with Gasteiger partial charge in [-0.1, -0.05) is 38.0 Å². The molecule has 0 fully saturated rings. The van der Waals surface area contributed by atoms with E-state index in [-0.39, 0.29) is 18.0 Å². The largest absolute Gasteiger partial charge is 0.483 e. The fraction of sp³-hybridized carbons (Fsp3) is 0.429. The molecular weight excluding hydrogens is 242 g/mol. The van der Waals surface area contributed by atoms with Crippen LogP contribution in [0, 0.1) is 6.92 Å². The number of nitrogen functional groups attached to an aromatic ring is 1. The second-order valence-corrected chi connectivity index (χ2v) is 5.57. The van der Waals surface area contributed by atoms with Crippen LogP contribution in [0.5, 0.6) is 5.75 Å². The first-order valence-electron chi connectivity index (χ1n) is 6.18. The molecule has 2 aromatic rings. The molecular formula is C14H19N3O2. The molecule has 0 bridgehead atoms. The summed E-state index contributed by atoms with van der Waals surface area (Å²) in [6, 6.07) is 6.24. The second kappa shape index (κ2) is 4.91. The van der Waals surface area contributed by atoms with E-state index in [1.165, 1.54) is 0 Å². The van der Waals surface area contributed by atoms with E-state index in [1.54, 1.807) is 0 Å². The van der Waals surface area contributed by atoms with E-state index >= 15 is 0 Å². The number of rotatable bonds is 3. The second-order valence-electron chi connectivity index (χ2n) is 5.57. The standard InChI is InChI=1S/C14H19N3O2/c1-9-5-6-10(14(2,3)4)11(7-9)18-8-12-16-17-13(15)19-12/h5-7H,8H2,1-4H3,(H2,15,17). The van der Waals surface area contributed by atoms with Crippen LogP contribution in [0.25, 0.3) is 0 Å². The molecule has 19 heavy (non-hydrogen) atoms. The van der Waals surface area contributed by atoms with Crippen LogP contribution in [-0.2, 0) is 12.0 Å². The predicted molar refractivity (Wildman–Crippen MR) is 72.9 cm³/mol. The van der Waals surface area contributed by atoms with Crippen LogP contribution in [0.3, 0.4) is 0 Å². The molecule has 0 atom stereocenters. The summed E-state index contributed by atoms with van der Waals surface area (Å²) in [6.07, 6.45) is 0. The minimum absolute atomic E-state index is 0.0108. The average molecular weight is 261 g/mol. The van der Waals surface area contributed by atoms with Crippen molar-refractivity contribution in [1.29, 1.82) is 0 Å². The quantitative estimate of drug-likeness (QED) is 0.919. The van der Waals surface area contributed by atoms with E-state index in [0.717, 1.165) is 16.9 Å². The first-order chi connectivity index (χ1) is 8.86. The van der Waals surface area contributed by atoms with E-state index in [1.807, 2.05) is 13.0 Å². The topological polar surface area (TPSA) is 74.2 Å². The molecule has 0 unspecified atom stereocenters. The van der Waals surface area contributed by atoms with E-state index in [2.05, 4.69) is 43.1 Å². The molecule has 102 valence electrons. The minimum Gasteiger partial charge on any atom is -0.483 e. The Kier molecular flexibility index (Phi) is 3.46. The molecule has 1 heterocycles. The summed E-state index contributed by atoms with van der Waals surface area (Å²) >= 11 is 0. The molecule has 2 rings (SSSR count). The summed E-state index contributed by atoms with van der Waals surface area (Å²) in [6.45, 7) is 8.69. The Morgan fingerprint density at radius 1 is 1.26 bits per heavy atom. The Bertz CT molecular complexity index is 570. The lowest BCUT2D eigenvalue weighted by atomic mass is 9.86. The van der Waals surface area contributed by atoms with Crippen molar-refractivity contribution in [3.63, 3.8) is 0 Å². The number of anilines is 1. The van der Waals surface area contributed by atoms with Crippen LogP contribution >= 0.6 is 0 Å². The zero-order chi connectivity index (χ0) is 14.0. The molecule has 0 saturated carbocycles.